The van der Waals surface area contributed by atoms with Crippen LogP contribution in [-0.4, -0.2) is 56.9 Å². The van der Waals surface area contributed by atoms with Gasteiger partial charge in [0.25, 0.3) is 0 Å². The first-order chi connectivity index (χ1) is 13.8. The van der Waals surface area contributed by atoms with Crippen LogP contribution in [0.2, 0.25) is 0 Å². The van der Waals surface area contributed by atoms with Crippen LogP contribution in [0, 0.1) is 11.8 Å². The predicted molar refractivity (Wildman–Crippen MR) is 104 cm³/mol. The van der Waals surface area contributed by atoms with Crippen molar-refractivity contribution in [2.75, 3.05) is 11.6 Å². The van der Waals surface area contributed by atoms with E-state index in [-0.39, 0.29) is 18.2 Å². The Morgan fingerprint density at radius 1 is 1.24 bits per heavy atom. The number of nitrogens with one attached hydrogen (secondary N) is 1. The molecular weight excluding hydrogens is 378 g/mol. The first kappa shape index (κ1) is 22.0. The zero-order valence-corrected chi connectivity index (χ0v) is 16.6. The van der Waals surface area contributed by atoms with Crippen LogP contribution in [0.5, 0.6) is 0 Å². The van der Waals surface area contributed by atoms with Gasteiger partial charge in [-0.05, 0) is 30.2 Å². The van der Waals surface area contributed by atoms with Gasteiger partial charge < -0.3 is 15.2 Å². The zero-order chi connectivity index (χ0) is 21.6. The summed E-state index contributed by atoms with van der Waals surface area (Å²) in [5.41, 5.74) is 1.30. The Kier molecular flexibility index (Phi) is 7.40. The molecule has 1 aromatic carbocycles. The van der Waals surface area contributed by atoms with Gasteiger partial charge in [0, 0.05) is 18.9 Å². The van der Waals surface area contributed by atoms with Crippen LogP contribution in [0.3, 0.4) is 0 Å². The minimum Gasteiger partial charge on any atom is -0.481 e. The third-order valence-electron chi connectivity index (χ3n) is 4.57. The number of benzene rings is 1. The monoisotopic (exact) mass is 403 g/mol. The molecular formula is C19H25N5O5. The van der Waals surface area contributed by atoms with Crippen molar-refractivity contribution >= 4 is 35.1 Å². The number of carboxylic acids is 1. The molecule has 0 fully saturated rings. The van der Waals surface area contributed by atoms with Crippen LogP contribution in [0.1, 0.15) is 33.6 Å². The van der Waals surface area contributed by atoms with Crippen LogP contribution in [-0.2, 0) is 19.2 Å². The fourth-order valence-electron chi connectivity index (χ4n) is 2.99. The number of aromatic nitrogens is 3. The molecule has 2 atom stereocenters. The number of hydrogen-bond donors (Lipinski definition) is 2. The molecule has 2 rings (SSSR count). The number of rotatable bonds is 10. The van der Waals surface area contributed by atoms with Crippen molar-refractivity contribution in [3.8, 4) is 0 Å². The quantitative estimate of drug-likeness (QED) is 0.559. The lowest BCUT2D eigenvalue weighted by Crippen LogP contribution is -2.46. The summed E-state index contributed by atoms with van der Waals surface area (Å²) in [6.45, 7) is 5.67. The molecule has 0 saturated heterocycles. The second-order valence-corrected chi connectivity index (χ2v) is 6.98. The van der Waals surface area contributed by atoms with E-state index in [4.69, 9.17) is 5.11 Å². The molecule has 1 aromatic heterocycles. The molecule has 2 unspecified atom stereocenters. The minimum atomic E-state index is -1.20. The van der Waals surface area contributed by atoms with Crippen molar-refractivity contribution in [1.82, 2.24) is 20.4 Å². The first-order valence-corrected chi connectivity index (χ1v) is 9.37. The van der Waals surface area contributed by atoms with Crippen LogP contribution < -0.4 is 10.3 Å². The van der Waals surface area contributed by atoms with Crippen LogP contribution in [0.25, 0.3) is 11.0 Å². The van der Waals surface area contributed by atoms with Gasteiger partial charge in [-0.2, -0.15) is 0 Å². The summed E-state index contributed by atoms with van der Waals surface area (Å²) in [6.07, 6.45) is -0.255. The molecule has 29 heavy (non-hydrogen) atoms. The highest BCUT2D eigenvalue weighted by Crippen LogP contribution is 2.18. The molecule has 156 valence electrons. The van der Waals surface area contributed by atoms with E-state index in [1.165, 1.54) is 9.80 Å². The number of carboxylic acid groups (broad SMARTS) is 1. The Morgan fingerprint density at radius 3 is 2.52 bits per heavy atom. The minimum absolute atomic E-state index is 0.121. The number of aldehydes is 1. The van der Waals surface area contributed by atoms with E-state index in [0.717, 1.165) is 0 Å². The number of carbonyl (C=O) groups excluding carboxylic acids is 3. The van der Waals surface area contributed by atoms with Crippen LogP contribution in [0.15, 0.2) is 24.3 Å². The van der Waals surface area contributed by atoms with Crippen molar-refractivity contribution in [3.05, 3.63) is 24.3 Å². The Hall–Kier alpha value is -3.30. The summed E-state index contributed by atoms with van der Waals surface area (Å²) in [5.74, 6) is -3.01. The number of amides is 2. The third-order valence-corrected chi connectivity index (χ3v) is 4.57. The number of fused-ring (bicyclic) bond motifs is 1. The number of aliphatic carboxylic acids is 1. The van der Waals surface area contributed by atoms with Gasteiger partial charge in [0.1, 0.15) is 17.3 Å². The molecule has 0 bridgehead atoms. The van der Waals surface area contributed by atoms with E-state index in [1.807, 2.05) is 12.1 Å². The molecule has 0 saturated carbocycles. The molecule has 0 aliphatic rings. The van der Waals surface area contributed by atoms with Crippen molar-refractivity contribution < 1.29 is 24.3 Å². The maximum Gasteiger partial charge on any atom is 0.305 e. The van der Waals surface area contributed by atoms with Crippen molar-refractivity contribution in [2.45, 2.75) is 39.7 Å². The molecule has 2 N–H and O–H groups in total. The summed E-state index contributed by atoms with van der Waals surface area (Å²) >= 11 is 0. The number of para-hydroxylation sites is 1. The maximum absolute atomic E-state index is 13.0. The van der Waals surface area contributed by atoms with E-state index in [2.05, 4.69) is 15.6 Å². The predicted octanol–water partition coefficient (Wildman–Crippen LogP) is 0.737. The summed E-state index contributed by atoms with van der Waals surface area (Å²) in [6, 6.07) is 6.06. The van der Waals surface area contributed by atoms with Gasteiger partial charge in [0.05, 0.1) is 12.5 Å². The summed E-state index contributed by atoms with van der Waals surface area (Å²) in [7, 11) is 0. The maximum atomic E-state index is 13.0. The standard InChI is InChI=1S/C19H25N5O5/c1-4-23(24-16-8-6-5-7-15(16)21-22-24)17(26)10-14(12(2)3)19(29)20-13(11-25)9-18(27)28/h5-8,11-14H,4,9-10H2,1-3H3,(H,20,29)(H,27,28). The van der Waals surface area contributed by atoms with Gasteiger partial charge in [-0.15, -0.1) is 9.89 Å². The lowest BCUT2D eigenvalue weighted by molar-refractivity contribution is -0.139. The van der Waals surface area contributed by atoms with Crippen molar-refractivity contribution in [3.63, 3.8) is 0 Å². The van der Waals surface area contributed by atoms with Gasteiger partial charge >= 0.3 is 5.97 Å². The Bertz CT molecular complexity index is 894. The second-order valence-electron chi connectivity index (χ2n) is 6.98. The Morgan fingerprint density at radius 2 is 1.93 bits per heavy atom. The average Bonchev–Trinajstić information content (AvgIpc) is 3.09. The molecule has 1 heterocycles. The van der Waals surface area contributed by atoms with Gasteiger partial charge in [0.15, 0.2) is 0 Å². The highest BCUT2D eigenvalue weighted by Gasteiger charge is 2.30. The molecule has 0 spiro atoms. The van der Waals surface area contributed by atoms with E-state index < -0.39 is 30.3 Å². The Labute approximate surface area is 167 Å². The van der Waals surface area contributed by atoms with E-state index in [0.29, 0.717) is 23.9 Å². The van der Waals surface area contributed by atoms with Crippen molar-refractivity contribution in [1.29, 1.82) is 0 Å². The molecule has 2 amide bonds. The normalized spacial score (nSPS) is 13.1. The topological polar surface area (TPSA) is 134 Å². The van der Waals surface area contributed by atoms with E-state index in [9.17, 15) is 19.2 Å². The lowest BCUT2D eigenvalue weighted by atomic mass is 9.90. The van der Waals surface area contributed by atoms with Crippen molar-refractivity contribution in [2.24, 2.45) is 11.8 Å². The smallest absolute Gasteiger partial charge is 0.305 e. The number of nitrogens with zero attached hydrogens (tertiary/aromatic N) is 4. The SMILES string of the molecule is CCN(C(=O)CC(C(=O)NC(C=O)CC(=O)O)C(C)C)n1nnc2ccccc21. The summed E-state index contributed by atoms with van der Waals surface area (Å²) in [4.78, 5) is 48.8. The first-order valence-electron chi connectivity index (χ1n) is 9.37. The number of carbonyl (C=O) groups is 4. The van der Waals surface area contributed by atoms with Gasteiger partial charge in [0.2, 0.25) is 11.8 Å². The largest absolute Gasteiger partial charge is 0.481 e. The fraction of sp³-hybridized carbons (Fsp3) is 0.474. The van der Waals surface area contributed by atoms with Gasteiger partial charge in [-0.25, -0.2) is 5.01 Å². The zero-order valence-electron chi connectivity index (χ0n) is 16.6. The molecule has 10 nitrogen and oxygen atoms in total. The third kappa shape index (κ3) is 5.37. The van der Waals surface area contributed by atoms with Crippen LogP contribution in [0.4, 0.5) is 0 Å². The van der Waals surface area contributed by atoms with Crippen LogP contribution >= 0.6 is 0 Å². The second kappa shape index (κ2) is 9.76. The molecule has 0 radical (unpaired) electrons. The Balaban J connectivity index is 2.18. The molecule has 0 aliphatic heterocycles. The molecule has 10 heteroatoms. The highest BCUT2D eigenvalue weighted by atomic mass is 16.4. The summed E-state index contributed by atoms with van der Waals surface area (Å²) in [5, 5.41) is 20.7. The number of hydrogen-bond acceptors (Lipinski definition) is 6. The fourth-order valence-corrected chi connectivity index (χ4v) is 2.99. The van der Waals surface area contributed by atoms with E-state index in [1.54, 1.807) is 32.9 Å². The van der Waals surface area contributed by atoms with Gasteiger partial charge in [-0.3, -0.25) is 14.4 Å². The lowest BCUT2D eigenvalue weighted by Gasteiger charge is -2.26. The van der Waals surface area contributed by atoms with Gasteiger partial charge in [-0.1, -0.05) is 26.0 Å². The molecule has 0 aliphatic carbocycles. The highest BCUT2D eigenvalue weighted by molar-refractivity contribution is 5.93. The van der Waals surface area contributed by atoms with E-state index >= 15 is 0 Å². The molecule has 2 aromatic rings. The summed E-state index contributed by atoms with van der Waals surface area (Å²) < 4.78 is 0. The average molecular weight is 403 g/mol.